The Morgan fingerprint density at radius 2 is 1.76 bits per heavy atom. The molecule has 2 rings (SSSR count). The molecular weight excluding hydrogens is 347 g/mol. The van der Waals surface area contributed by atoms with Crippen molar-refractivity contribution in [1.82, 2.24) is 0 Å². The minimum absolute atomic E-state index is 0.274. The molecule has 0 amide bonds. The number of thioether (sulfide) groups is 1. The molecule has 0 radical (unpaired) electrons. The van der Waals surface area contributed by atoms with E-state index in [2.05, 4.69) is 30.3 Å². The van der Waals surface area contributed by atoms with Gasteiger partial charge in [0.25, 0.3) is 0 Å². The quantitative estimate of drug-likeness (QED) is 0.324. The van der Waals surface area contributed by atoms with Gasteiger partial charge in [-0.05, 0) is 0 Å². The molecule has 2 aromatic carbocycles. The van der Waals surface area contributed by atoms with Gasteiger partial charge in [-0.25, -0.2) is 0 Å². The molecule has 4 heteroatoms. The Labute approximate surface area is 136 Å². The van der Waals surface area contributed by atoms with Gasteiger partial charge in [-0.15, -0.1) is 0 Å². The molecule has 0 bridgehead atoms. The van der Waals surface area contributed by atoms with E-state index in [1.54, 1.807) is 0 Å². The molecule has 0 aliphatic heterocycles. The molecule has 0 unspecified atom stereocenters. The molecule has 0 atom stereocenters. The van der Waals surface area contributed by atoms with Gasteiger partial charge in [-0.1, -0.05) is 0 Å². The van der Waals surface area contributed by atoms with Gasteiger partial charge in [0.1, 0.15) is 0 Å². The number of esters is 1. The van der Waals surface area contributed by atoms with Crippen molar-refractivity contribution >= 4 is 32.7 Å². The first-order valence-corrected chi connectivity index (χ1v) is 10.3. The zero-order valence-electron chi connectivity index (χ0n) is 12.0. The Kier molecular flexibility index (Phi) is 6.87. The van der Waals surface area contributed by atoms with Crippen LogP contribution in [0.1, 0.15) is 18.1 Å². The van der Waals surface area contributed by atoms with Crippen LogP contribution < -0.4 is 4.74 Å². The van der Waals surface area contributed by atoms with Crippen molar-refractivity contribution in [2.24, 2.45) is 0 Å². The first kappa shape index (κ1) is 16.2. The Balaban J connectivity index is 1.65. The Bertz CT molecular complexity index is 555. The average molecular weight is 365 g/mol. The second-order valence-electron chi connectivity index (χ2n) is 4.54. The van der Waals surface area contributed by atoms with Gasteiger partial charge in [-0.3, -0.25) is 0 Å². The molecule has 0 aliphatic carbocycles. The van der Waals surface area contributed by atoms with Gasteiger partial charge in [0, 0.05) is 0 Å². The van der Waals surface area contributed by atoms with E-state index >= 15 is 0 Å². The maximum atomic E-state index is 10.8. The van der Waals surface area contributed by atoms with Crippen LogP contribution in [0.5, 0.6) is 5.75 Å². The van der Waals surface area contributed by atoms with Crippen molar-refractivity contribution in [2.45, 2.75) is 18.0 Å². The van der Waals surface area contributed by atoms with Crippen LogP contribution in [0.4, 0.5) is 0 Å². The fourth-order valence-corrected chi connectivity index (χ4v) is 5.17. The van der Waals surface area contributed by atoms with E-state index in [1.165, 1.54) is 22.7 Å². The van der Waals surface area contributed by atoms with Gasteiger partial charge in [-0.2, -0.15) is 0 Å². The van der Waals surface area contributed by atoms with E-state index in [1.807, 2.05) is 36.0 Å². The molecule has 0 saturated carbocycles. The summed E-state index contributed by atoms with van der Waals surface area (Å²) in [4.78, 5) is 10.8. The summed E-state index contributed by atoms with van der Waals surface area (Å²) < 4.78 is 6.24. The van der Waals surface area contributed by atoms with Crippen LogP contribution in [-0.4, -0.2) is 25.6 Å². The van der Waals surface area contributed by atoms with Crippen LogP contribution in [0, 0.1) is 0 Å². The molecule has 0 saturated heterocycles. The zero-order valence-corrected chi connectivity index (χ0v) is 14.5. The second-order valence-corrected chi connectivity index (χ2v) is 8.42. The van der Waals surface area contributed by atoms with E-state index < -0.39 is 0 Å². The fraction of sp³-hybridized carbons (Fsp3) is 0.235. The van der Waals surface area contributed by atoms with Crippen molar-refractivity contribution in [3.63, 3.8) is 0 Å². The van der Waals surface area contributed by atoms with Crippen molar-refractivity contribution < 1.29 is 9.53 Å². The number of hydrogen-bond acceptors (Lipinski definition) is 3. The van der Waals surface area contributed by atoms with E-state index in [-0.39, 0.29) is 5.97 Å². The Morgan fingerprint density at radius 3 is 2.43 bits per heavy atom. The van der Waals surface area contributed by atoms with Gasteiger partial charge in [0.15, 0.2) is 0 Å². The van der Waals surface area contributed by atoms with Gasteiger partial charge in [0.05, 0.1) is 0 Å². The third kappa shape index (κ3) is 6.38. The molecule has 2 aromatic rings. The SMILES string of the molecule is CC(=O)Oc1ccc(C[Se]CSCc2ccccc2)cc1. The first-order chi connectivity index (χ1) is 10.2. The molecule has 0 heterocycles. The predicted molar refractivity (Wildman–Crippen MR) is 89.8 cm³/mol. The van der Waals surface area contributed by atoms with E-state index in [0.29, 0.717) is 20.7 Å². The molecule has 110 valence electrons. The van der Waals surface area contributed by atoms with Crippen molar-refractivity contribution in [1.29, 1.82) is 0 Å². The van der Waals surface area contributed by atoms with Crippen LogP contribution in [0.3, 0.4) is 0 Å². The molecule has 0 spiro atoms. The Morgan fingerprint density at radius 1 is 1.05 bits per heavy atom. The van der Waals surface area contributed by atoms with Crippen LogP contribution in [0.25, 0.3) is 0 Å². The Hall–Kier alpha value is -1.22. The number of ether oxygens (including phenoxy) is 1. The number of rotatable bonds is 7. The number of carbonyl (C=O) groups excluding carboxylic acids is 1. The van der Waals surface area contributed by atoms with Crippen molar-refractivity contribution in [2.75, 3.05) is 4.65 Å². The first-order valence-electron chi connectivity index (χ1n) is 6.71. The summed E-state index contributed by atoms with van der Waals surface area (Å²) in [5.41, 5.74) is 2.70. The number of hydrogen-bond donors (Lipinski definition) is 0. The predicted octanol–water partition coefficient (Wildman–Crippen LogP) is 3.71. The van der Waals surface area contributed by atoms with Crippen LogP contribution >= 0.6 is 11.8 Å². The standard InChI is InChI=1S/C17H18O2SSe/c1-14(18)19-17-9-7-16(8-10-17)12-21-13-20-11-15-5-3-2-4-6-15/h2-10H,11-13H2,1H3. The second kappa shape index (κ2) is 8.93. The van der Waals surface area contributed by atoms with Crippen LogP contribution in [-0.2, 0) is 15.9 Å². The zero-order chi connectivity index (χ0) is 14.9. The summed E-state index contributed by atoms with van der Waals surface area (Å²) in [6, 6.07) is 18.4. The molecule has 0 aromatic heterocycles. The average Bonchev–Trinajstić information content (AvgIpc) is 2.49. The van der Waals surface area contributed by atoms with E-state index in [9.17, 15) is 4.79 Å². The van der Waals surface area contributed by atoms with E-state index in [0.717, 1.165) is 11.1 Å². The summed E-state index contributed by atoms with van der Waals surface area (Å²) in [5.74, 6) is 1.44. The molecule has 21 heavy (non-hydrogen) atoms. The maximum absolute atomic E-state index is 10.8. The summed E-state index contributed by atoms with van der Waals surface area (Å²) in [7, 11) is 0. The summed E-state index contributed by atoms with van der Waals surface area (Å²) >= 11 is 2.60. The summed E-state index contributed by atoms with van der Waals surface area (Å²) in [6.45, 7) is 1.42. The molecular formula is C17H18O2SSe. The van der Waals surface area contributed by atoms with Gasteiger partial charge < -0.3 is 0 Å². The van der Waals surface area contributed by atoms with Gasteiger partial charge >= 0.3 is 136 Å². The number of carbonyl (C=O) groups is 1. The molecule has 0 N–H and O–H groups in total. The van der Waals surface area contributed by atoms with Gasteiger partial charge in [0.2, 0.25) is 0 Å². The van der Waals surface area contributed by atoms with Crippen LogP contribution in [0.15, 0.2) is 54.6 Å². The van der Waals surface area contributed by atoms with Crippen molar-refractivity contribution in [3.05, 3.63) is 65.7 Å². The van der Waals surface area contributed by atoms with Crippen LogP contribution in [0.2, 0.25) is 0 Å². The summed E-state index contributed by atoms with van der Waals surface area (Å²) in [6.07, 6.45) is 0. The fourth-order valence-electron chi connectivity index (χ4n) is 1.77. The summed E-state index contributed by atoms with van der Waals surface area (Å²) in [5, 5.41) is 1.12. The third-order valence-corrected chi connectivity index (χ3v) is 6.83. The monoisotopic (exact) mass is 366 g/mol. The van der Waals surface area contributed by atoms with E-state index in [4.69, 9.17) is 4.74 Å². The normalized spacial score (nSPS) is 10.3. The topological polar surface area (TPSA) is 26.3 Å². The molecule has 0 aliphatic rings. The van der Waals surface area contributed by atoms with Crippen molar-refractivity contribution in [3.8, 4) is 5.75 Å². The third-order valence-electron chi connectivity index (χ3n) is 2.73. The molecule has 2 nitrogen and oxygen atoms in total. The number of benzene rings is 2. The minimum atomic E-state index is -0.274. The molecule has 0 fully saturated rings.